The molecule has 0 saturated heterocycles. The van der Waals surface area contributed by atoms with Crippen LogP contribution < -0.4 is 10.1 Å². The van der Waals surface area contributed by atoms with Gasteiger partial charge in [-0.05, 0) is 49.9 Å². The van der Waals surface area contributed by atoms with Gasteiger partial charge in [0.2, 0.25) is 0 Å². The van der Waals surface area contributed by atoms with Crippen LogP contribution in [0, 0.1) is 12.7 Å². The van der Waals surface area contributed by atoms with E-state index in [1.165, 1.54) is 12.1 Å². The molecule has 2 aromatic heterocycles. The molecule has 0 saturated carbocycles. The summed E-state index contributed by atoms with van der Waals surface area (Å²) in [6, 6.07) is 12.5. The number of aromatic amines is 1. The number of nitrogens with zero attached hydrogens (tertiary/aromatic N) is 3. The molecule has 2 N–H and O–H groups in total. The van der Waals surface area contributed by atoms with E-state index in [-0.39, 0.29) is 5.82 Å². The fourth-order valence-electron chi connectivity index (χ4n) is 3.61. The van der Waals surface area contributed by atoms with E-state index >= 15 is 0 Å². The molecular formula is C22H20FN5O. The topological polar surface area (TPSA) is 75.7 Å². The molecule has 0 bridgehead atoms. The molecule has 2 aromatic carbocycles. The second-order valence-electron chi connectivity index (χ2n) is 7.18. The quantitative estimate of drug-likeness (QED) is 0.520. The Morgan fingerprint density at radius 1 is 1.07 bits per heavy atom. The molecule has 0 spiro atoms. The molecule has 1 aliphatic rings. The minimum atomic E-state index is -0.319. The van der Waals surface area contributed by atoms with Crippen LogP contribution in [-0.4, -0.2) is 26.8 Å². The van der Waals surface area contributed by atoms with Crippen LogP contribution in [0.15, 0.2) is 42.5 Å². The zero-order valence-corrected chi connectivity index (χ0v) is 16.0. The smallest absolute Gasteiger partial charge is 0.183 e. The van der Waals surface area contributed by atoms with Crippen molar-refractivity contribution >= 4 is 22.5 Å². The van der Waals surface area contributed by atoms with E-state index in [2.05, 4.69) is 15.5 Å². The lowest BCUT2D eigenvalue weighted by atomic mass is 10.1. The molecule has 0 unspecified atom stereocenters. The van der Waals surface area contributed by atoms with Crippen LogP contribution in [0.4, 0.5) is 16.0 Å². The SMILES string of the molecule is Cc1ccccc1-c1nc2c(c(Nc3n[nH]c4ccc(F)cc34)n1)OCCCC2. The lowest BCUT2D eigenvalue weighted by molar-refractivity contribution is 0.316. The lowest BCUT2D eigenvalue weighted by Crippen LogP contribution is -2.06. The minimum absolute atomic E-state index is 0.319. The summed E-state index contributed by atoms with van der Waals surface area (Å²) in [6.07, 6.45) is 2.79. The van der Waals surface area contributed by atoms with Crippen molar-refractivity contribution < 1.29 is 9.13 Å². The van der Waals surface area contributed by atoms with Crippen LogP contribution in [0.25, 0.3) is 22.3 Å². The van der Waals surface area contributed by atoms with Gasteiger partial charge in [-0.25, -0.2) is 14.4 Å². The highest BCUT2D eigenvalue weighted by Gasteiger charge is 2.21. The first kappa shape index (κ1) is 17.6. The Morgan fingerprint density at radius 2 is 1.97 bits per heavy atom. The standard InChI is InChI=1S/C22H20FN5O/c1-13-6-2-3-7-15(13)20-24-18-8-4-5-11-29-19(18)22(25-20)26-21-16-12-14(23)9-10-17(16)27-28-21/h2-3,6-7,9-10,12H,4-5,8,11H2,1H3,(H2,24,25,26,27,28). The van der Waals surface area contributed by atoms with Crippen LogP contribution in [0.3, 0.4) is 0 Å². The number of ether oxygens (including phenoxy) is 1. The van der Waals surface area contributed by atoms with Gasteiger partial charge in [-0.1, -0.05) is 24.3 Å². The largest absolute Gasteiger partial charge is 0.488 e. The van der Waals surface area contributed by atoms with Crippen molar-refractivity contribution in [2.24, 2.45) is 0 Å². The third-order valence-electron chi connectivity index (χ3n) is 5.14. The van der Waals surface area contributed by atoms with Gasteiger partial charge in [0, 0.05) is 10.9 Å². The molecule has 146 valence electrons. The number of nitrogens with one attached hydrogen (secondary N) is 2. The molecular weight excluding hydrogens is 369 g/mol. The second-order valence-corrected chi connectivity index (χ2v) is 7.18. The third-order valence-corrected chi connectivity index (χ3v) is 5.14. The number of H-pyrrole nitrogens is 1. The molecule has 0 amide bonds. The van der Waals surface area contributed by atoms with Crippen molar-refractivity contribution in [3.8, 4) is 17.1 Å². The van der Waals surface area contributed by atoms with Gasteiger partial charge in [0.15, 0.2) is 23.2 Å². The van der Waals surface area contributed by atoms with Gasteiger partial charge < -0.3 is 10.1 Å². The molecule has 0 aliphatic carbocycles. The van der Waals surface area contributed by atoms with Crippen molar-refractivity contribution in [1.82, 2.24) is 20.2 Å². The van der Waals surface area contributed by atoms with E-state index in [0.717, 1.165) is 41.6 Å². The Kier molecular flexibility index (Phi) is 4.35. The van der Waals surface area contributed by atoms with E-state index in [4.69, 9.17) is 14.7 Å². The molecule has 6 nitrogen and oxygen atoms in total. The highest BCUT2D eigenvalue weighted by atomic mass is 19.1. The first-order chi connectivity index (χ1) is 14.2. The molecule has 29 heavy (non-hydrogen) atoms. The first-order valence-electron chi connectivity index (χ1n) is 9.69. The van der Waals surface area contributed by atoms with Crippen molar-refractivity contribution in [3.05, 3.63) is 59.5 Å². The zero-order valence-electron chi connectivity index (χ0n) is 16.0. The van der Waals surface area contributed by atoms with Gasteiger partial charge in [0.25, 0.3) is 0 Å². The van der Waals surface area contributed by atoms with Crippen LogP contribution >= 0.6 is 0 Å². The van der Waals surface area contributed by atoms with E-state index in [9.17, 15) is 4.39 Å². The Hall–Kier alpha value is -3.48. The van der Waals surface area contributed by atoms with E-state index in [1.54, 1.807) is 6.07 Å². The van der Waals surface area contributed by atoms with Gasteiger partial charge in [-0.2, -0.15) is 5.10 Å². The average molecular weight is 389 g/mol. The van der Waals surface area contributed by atoms with Gasteiger partial charge >= 0.3 is 0 Å². The molecule has 7 heteroatoms. The third kappa shape index (κ3) is 3.29. The van der Waals surface area contributed by atoms with Crippen molar-refractivity contribution in [1.29, 1.82) is 0 Å². The van der Waals surface area contributed by atoms with Crippen molar-refractivity contribution in [2.45, 2.75) is 26.2 Å². The molecule has 1 aliphatic heterocycles. The van der Waals surface area contributed by atoms with E-state index < -0.39 is 0 Å². The van der Waals surface area contributed by atoms with Crippen molar-refractivity contribution in [3.63, 3.8) is 0 Å². The molecule has 3 heterocycles. The Labute approximate surface area is 167 Å². The van der Waals surface area contributed by atoms with Crippen molar-refractivity contribution in [2.75, 3.05) is 11.9 Å². The zero-order chi connectivity index (χ0) is 19.8. The summed E-state index contributed by atoms with van der Waals surface area (Å²) in [4.78, 5) is 9.57. The average Bonchev–Trinajstić information content (AvgIpc) is 2.95. The number of anilines is 2. The van der Waals surface area contributed by atoms with E-state index in [1.807, 2.05) is 31.2 Å². The van der Waals surface area contributed by atoms with Crippen LogP contribution in [0.2, 0.25) is 0 Å². The number of halogens is 1. The minimum Gasteiger partial charge on any atom is -0.488 e. The highest BCUT2D eigenvalue weighted by Crippen LogP contribution is 2.35. The number of hydrogen-bond acceptors (Lipinski definition) is 5. The summed E-state index contributed by atoms with van der Waals surface area (Å²) < 4.78 is 19.8. The maximum Gasteiger partial charge on any atom is 0.183 e. The number of aryl methyl sites for hydroxylation is 2. The Balaban J connectivity index is 1.65. The fraction of sp³-hybridized carbons (Fsp3) is 0.227. The monoisotopic (exact) mass is 389 g/mol. The predicted octanol–water partition coefficient (Wildman–Crippen LogP) is 4.93. The Bertz CT molecular complexity index is 1200. The summed E-state index contributed by atoms with van der Waals surface area (Å²) >= 11 is 0. The molecule has 5 rings (SSSR count). The number of hydrogen-bond donors (Lipinski definition) is 2. The van der Waals surface area contributed by atoms with E-state index in [0.29, 0.717) is 35.2 Å². The van der Waals surface area contributed by atoms with Gasteiger partial charge in [0.1, 0.15) is 5.82 Å². The fourth-order valence-corrected chi connectivity index (χ4v) is 3.61. The van der Waals surface area contributed by atoms with Crippen LogP contribution in [-0.2, 0) is 6.42 Å². The van der Waals surface area contributed by atoms with Gasteiger partial charge in [0.05, 0.1) is 17.8 Å². The number of benzene rings is 2. The first-order valence-corrected chi connectivity index (χ1v) is 9.69. The molecule has 0 atom stereocenters. The number of aromatic nitrogens is 4. The highest BCUT2D eigenvalue weighted by molar-refractivity contribution is 5.91. The molecule has 0 radical (unpaired) electrons. The van der Waals surface area contributed by atoms with Crippen LogP contribution in [0.5, 0.6) is 5.75 Å². The lowest BCUT2D eigenvalue weighted by Gasteiger charge is -2.15. The van der Waals surface area contributed by atoms with Crippen LogP contribution in [0.1, 0.15) is 24.1 Å². The Morgan fingerprint density at radius 3 is 2.86 bits per heavy atom. The predicted molar refractivity (Wildman–Crippen MR) is 110 cm³/mol. The molecule has 0 fully saturated rings. The summed E-state index contributed by atoms with van der Waals surface area (Å²) in [6.45, 7) is 2.66. The number of rotatable bonds is 3. The maximum absolute atomic E-state index is 13.8. The summed E-state index contributed by atoms with van der Waals surface area (Å²) in [7, 11) is 0. The summed E-state index contributed by atoms with van der Waals surface area (Å²) in [5.41, 5.74) is 3.69. The normalized spacial score (nSPS) is 13.6. The molecule has 4 aromatic rings. The maximum atomic E-state index is 13.8. The summed E-state index contributed by atoms with van der Waals surface area (Å²) in [5.74, 6) is 2.02. The van der Waals surface area contributed by atoms with Gasteiger partial charge in [-0.3, -0.25) is 5.10 Å². The van der Waals surface area contributed by atoms with Gasteiger partial charge in [-0.15, -0.1) is 0 Å². The number of fused-ring (bicyclic) bond motifs is 2. The summed E-state index contributed by atoms with van der Waals surface area (Å²) in [5, 5.41) is 11.1. The second kappa shape index (κ2) is 7.16.